The lowest BCUT2D eigenvalue weighted by molar-refractivity contribution is -0.167. The Kier molecular flexibility index (Phi) is 53.0. The van der Waals surface area contributed by atoms with Crippen LogP contribution in [0, 0.1) is 5.92 Å². The van der Waals surface area contributed by atoms with Crippen molar-refractivity contribution < 1.29 is 28.6 Å². The van der Waals surface area contributed by atoms with E-state index in [4.69, 9.17) is 14.2 Å². The first-order chi connectivity index (χ1) is 32.4. The molecule has 392 valence electrons. The zero-order valence-corrected chi connectivity index (χ0v) is 45.2. The van der Waals surface area contributed by atoms with Gasteiger partial charge in [-0.3, -0.25) is 14.4 Å². The second-order valence-corrected chi connectivity index (χ2v) is 21.1. The van der Waals surface area contributed by atoms with Gasteiger partial charge in [0.25, 0.3) is 0 Å². The van der Waals surface area contributed by atoms with Crippen molar-refractivity contribution in [3.8, 4) is 0 Å². The Morgan fingerprint density at radius 2 is 0.500 bits per heavy atom. The van der Waals surface area contributed by atoms with Crippen molar-refractivity contribution in [2.24, 2.45) is 5.92 Å². The van der Waals surface area contributed by atoms with Crippen LogP contribution in [0.25, 0.3) is 0 Å². The quantitative estimate of drug-likeness (QED) is 0.0343. The second kappa shape index (κ2) is 54.4. The molecule has 0 heterocycles. The van der Waals surface area contributed by atoms with Crippen LogP contribution in [0.1, 0.15) is 342 Å². The zero-order chi connectivity index (χ0) is 48.1. The van der Waals surface area contributed by atoms with Gasteiger partial charge in [-0.1, -0.05) is 304 Å². The molecule has 0 aromatic heterocycles. The fourth-order valence-electron chi connectivity index (χ4n) is 9.28. The highest BCUT2D eigenvalue weighted by molar-refractivity contribution is 5.71. The van der Waals surface area contributed by atoms with Gasteiger partial charge in [0.05, 0.1) is 0 Å². The van der Waals surface area contributed by atoms with Crippen LogP contribution < -0.4 is 0 Å². The van der Waals surface area contributed by atoms with Crippen LogP contribution in [0.2, 0.25) is 0 Å². The molecule has 0 aromatic rings. The minimum atomic E-state index is -0.762. The SMILES string of the molecule is CCCCCCCCCCCCCCCCCCCC(=O)O[C@H](COC(=O)CCCCCCCCCCCCCCCCCC)COC(=O)CCCCCCCCCCCCCCC(C)C. The number of esters is 3. The molecule has 1 atom stereocenters. The van der Waals surface area contributed by atoms with E-state index in [0.717, 1.165) is 63.7 Å². The van der Waals surface area contributed by atoms with Crippen molar-refractivity contribution in [1.29, 1.82) is 0 Å². The number of hydrogen-bond acceptors (Lipinski definition) is 6. The third-order valence-corrected chi connectivity index (χ3v) is 13.8. The molecular weight excluding hydrogens is 817 g/mol. The first-order valence-corrected chi connectivity index (χ1v) is 29.9. The van der Waals surface area contributed by atoms with Crippen LogP contribution in [0.15, 0.2) is 0 Å². The smallest absolute Gasteiger partial charge is 0.306 e. The maximum absolute atomic E-state index is 12.9. The molecule has 6 nitrogen and oxygen atoms in total. The Labute approximate surface area is 412 Å². The van der Waals surface area contributed by atoms with Crippen LogP contribution in [-0.4, -0.2) is 37.2 Å². The molecular formula is C60H116O6. The van der Waals surface area contributed by atoms with Gasteiger partial charge in [0, 0.05) is 19.3 Å². The van der Waals surface area contributed by atoms with Crippen molar-refractivity contribution in [2.45, 2.75) is 348 Å². The van der Waals surface area contributed by atoms with Gasteiger partial charge in [-0.2, -0.15) is 0 Å². The second-order valence-electron chi connectivity index (χ2n) is 21.1. The van der Waals surface area contributed by atoms with Gasteiger partial charge in [0.15, 0.2) is 6.10 Å². The molecule has 0 aliphatic rings. The van der Waals surface area contributed by atoms with Crippen molar-refractivity contribution >= 4 is 17.9 Å². The van der Waals surface area contributed by atoms with E-state index in [-0.39, 0.29) is 31.1 Å². The summed E-state index contributed by atoms with van der Waals surface area (Å²) in [6.07, 6.45) is 59.5. The molecule has 0 aliphatic heterocycles. The average molecular weight is 934 g/mol. The first-order valence-electron chi connectivity index (χ1n) is 29.9. The number of carbonyl (C=O) groups excluding carboxylic acids is 3. The van der Waals surface area contributed by atoms with Gasteiger partial charge in [-0.05, 0) is 25.2 Å². The highest BCUT2D eigenvalue weighted by Gasteiger charge is 2.19. The van der Waals surface area contributed by atoms with Crippen LogP contribution in [0.5, 0.6) is 0 Å². The van der Waals surface area contributed by atoms with Crippen LogP contribution in [-0.2, 0) is 28.6 Å². The minimum Gasteiger partial charge on any atom is -0.462 e. The molecule has 6 heteroatoms. The number of ether oxygens (including phenoxy) is 3. The number of carbonyl (C=O) groups is 3. The summed E-state index contributed by atoms with van der Waals surface area (Å²) in [7, 11) is 0. The molecule has 0 rings (SSSR count). The predicted octanol–water partition coefficient (Wildman–Crippen LogP) is 19.8. The molecule has 0 aliphatic carbocycles. The summed E-state index contributed by atoms with van der Waals surface area (Å²) in [5.41, 5.74) is 0. The molecule has 66 heavy (non-hydrogen) atoms. The number of unbranched alkanes of at least 4 members (excludes halogenated alkanes) is 42. The van der Waals surface area contributed by atoms with Crippen molar-refractivity contribution in [3.05, 3.63) is 0 Å². The Morgan fingerprint density at radius 1 is 0.288 bits per heavy atom. The summed E-state index contributed by atoms with van der Waals surface area (Å²) in [5.74, 6) is 0.00126. The molecule has 0 fully saturated rings. The van der Waals surface area contributed by atoms with Crippen molar-refractivity contribution in [3.63, 3.8) is 0 Å². The fraction of sp³-hybridized carbons (Fsp3) is 0.950. The average Bonchev–Trinajstić information content (AvgIpc) is 3.30. The third-order valence-electron chi connectivity index (χ3n) is 13.8. The Balaban J connectivity index is 4.30. The summed E-state index contributed by atoms with van der Waals surface area (Å²) in [4.78, 5) is 38.2. The van der Waals surface area contributed by atoms with Crippen molar-refractivity contribution in [1.82, 2.24) is 0 Å². The summed E-state index contributed by atoms with van der Waals surface area (Å²) < 4.78 is 16.9. The molecule has 0 radical (unpaired) electrons. The van der Waals surface area contributed by atoms with Gasteiger partial charge in [0.2, 0.25) is 0 Å². The largest absolute Gasteiger partial charge is 0.462 e. The Morgan fingerprint density at radius 3 is 0.742 bits per heavy atom. The standard InChI is InChI=1S/C60H116O6/c1-5-7-9-11-13-15-17-19-21-23-25-27-33-37-41-45-49-53-60(63)66-57(55-65-59(62)52-48-44-40-36-32-29-28-30-34-38-42-46-50-56(3)4)54-64-58(61)51-47-43-39-35-31-26-24-22-20-18-16-14-12-10-8-6-2/h56-57H,5-55H2,1-4H3/t57-/m1/s1. The van der Waals surface area contributed by atoms with E-state index in [9.17, 15) is 14.4 Å². The maximum Gasteiger partial charge on any atom is 0.306 e. The van der Waals surface area contributed by atoms with Gasteiger partial charge >= 0.3 is 17.9 Å². The van der Waals surface area contributed by atoms with Gasteiger partial charge in [-0.25, -0.2) is 0 Å². The molecule has 0 aromatic carbocycles. The van der Waals surface area contributed by atoms with E-state index in [1.807, 2.05) is 0 Å². The van der Waals surface area contributed by atoms with Crippen LogP contribution in [0.4, 0.5) is 0 Å². The fourth-order valence-corrected chi connectivity index (χ4v) is 9.28. The third kappa shape index (κ3) is 53.4. The topological polar surface area (TPSA) is 78.9 Å². The predicted molar refractivity (Wildman–Crippen MR) is 284 cm³/mol. The van der Waals surface area contributed by atoms with E-state index in [1.54, 1.807) is 0 Å². The normalized spacial score (nSPS) is 12.0. The lowest BCUT2D eigenvalue weighted by Crippen LogP contribution is -2.30. The van der Waals surface area contributed by atoms with Gasteiger partial charge < -0.3 is 14.2 Å². The molecule has 0 saturated carbocycles. The monoisotopic (exact) mass is 933 g/mol. The van der Waals surface area contributed by atoms with E-state index in [2.05, 4.69) is 27.7 Å². The summed E-state index contributed by atoms with van der Waals surface area (Å²) >= 11 is 0. The molecule has 0 amide bonds. The highest BCUT2D eigenvalue weighted by Crippen LogP contribution is 2.18. The number of rotatable bonds is 55. The van der Waals surface area contributed by atoms with E-state index in [1.165, 1.54) is 238 Å². The molecule has 0 unspecified atom stereocenters. The molecule has 0 N–H and O–H groups in total. The minimum absolute atomic E-state index is 0.0616. The summed E-state index contributed by atoms with van der Waals surface area (Å²) in [5, 5.41) is 0. The van der Waals surface area contributed by atoms with E-state index < -0.39 is 6.10 Å². The lowest BCUT2D eigenvalue weighted by Gasteiger charge is -2.18. The molecule has 0 saturated heterocycles. The zero-order valence-electron chi connectivity index (χ0n) is 45.2. The maximum atomic E-state index is 12.9. The Bertz CT molecular complexity index is 996. The van der Waals surface area contributed by atoms with Crippen LogP contribution >= 0.6 is 0 Å². The van der Waals surface area contributed by atoms with E-state index in [0.29, 0.717) is 19.3 Å². The lowest BCUT2D eigenvalue weighted by atomic mass is 10.0. The first kappa shape index (κ1) is 64.4. The summed E-state index contributed by atoms with van der Waals surface area (Å²) in [6.45, 7) is 9.07. The molecule has 0 bridgehead atoms. The van der Waals surface area contributed by atoms with Gasteiger partial charge in [-0.15, -0.1) is 0 Å². The highest BCUT2D eigenvalue weighted by atomic mass is 16.6. The van der Waals surface area contributed by atoms with Crippen LogP contribution in [0.3, 0.4) is 0 Å². The van der Waals surface area contributed by atoms with Crippen molar-refractivity contribution in [2.75, 3.05) is 13.2 Å². The van der Waals surface area contributed by atoms with Gasteiger partial charge in [0.1, 0.15) is 13.2 Å². The van der Waals surface area contributed by atoms with E-state index >= 15 is 0 Å². The number of hydrogen-bond donors (Lipinski definition) is 0. The summed E-state index contributed by atoms with van der Waals surface area (Å²) in [6, 6.07) is 0. The Hall–Kier alpha value is -1.59. The molecule has 0 spiro atoms.